The fraction of sp³-hybridized carbons (Fsp3) is 0.571. The van der Waals surface area contributed by atoms with Crippen LogP contribution in [0.15, 0.2) is 18.3 Å². The second kappa shape index (κ2) is 4.35. The molecule has 2 saturated heterocycles. The summed E-state index contributed by atoms with van der Waals surface area (Å²) >= 11 is 0. The van der Waals surface area contributed by atoms with Crippen molar-refractivity contribution < 1.29 is 4.79 Å². The number of fused-ring (bicyclic) bond motifs is 2. The van der Waals surface area contributed by atoms with E-state index in [9.17, 15) is 4.79 Å². The zero-order valence-electron chi connectivity index (χ0n) is 10.7. The Labute approximate surface area is 107 Å². The van der Waals surface area contributed by atoms with E-state index in [1.807, 2.05) is 12.1 Å². The Morgan fingerprint density at radius 2 is 2.00 bits per heavy atom. The largest absolute Gasteiger partial charge is 0.351 e. The molecule has 2 bridgehead atoms. The maximum atomic E-state index is 11.2. The number of Topliss-reactive ketones (excluding diaryl/α,β-unsaturated/α-hetero) is 1. The van der Waals surface area contributed by atoms with Gasteiger partial charge in [-0.15, -0.1) is 0 Å². The number of nitrogens with two attached hydrogens (primary N) is 1. The molecule has 4 heteroatoms. The summed E-state index contributed by atoms with van der Waals surface area (Å²) in [6.45, 7) is 1.57. The lowest BCUT2D eigenvalue weighted by molar-refractivity contribution is 0.101. The monoisotopic (exact) mass is 245 g/mol. The lowest BCUT2D eigenvalue weighted by atomic mass is 9.98. The molecule has 0 amide bonds. The van der Waals surface area contributed by atoms with E-state index in [-0.39, 0.29) is 5.78 Å². The lowest BCUT2D eigenvalue weighted by Gasteiger charge is -2.38. The van der Waals surface area contributed by atoms with Crippen molar-refractivity contribution in [3.8, 4) is 0 Å². The molecular formula is C14H19N3O. The Balaban J connectivity index is 1.85. The molecule has 2 aliphatic heterocycles. The number of hydrogen-bond acceptors (Lipinski definition) is 4. The first kappa shape index (κ1) is 11.7. The highest BCUT2D eigenvalue weighted by Gasteiger charge is 2.40. The van der Waals surface area contributed by atoms with Gasteiger partial charge in [0.15, 0.2) is 5.78 Å². The molecule has 0 spiro atoms. The van der Waals surface area contributed by atoms with E-state index in [1.165, 1.54) is 12.8 Å². The van der Waals surface area contributed by atoms with Gasteiger partial charge in [-0.25, -0.2) is 4.98 Å². The van der Waals surface area contributed by atoms with Crippen LogP contribution in [0.3, 0.4) is 0 Å². The number of piperidine rings is 1. The van der Waals surface area contributed by atoms with Crippen LogP contribution in [0.25, 0.3) is 0 Å². The van der Waals surface area contributed by atoms with E-state index in [4.69, 9.17) is 5.73 Å². The summed E-state index contributed by atoms with van der Waals surface area (Å²) in [5, 5.41) is 0. The number of anilines is 1. The maximum absolute atomic E-state index is 11.2. The fourth-order valence-corrected chi connectivity index (χ4v) is 3.34. The van der Waals surface area contributed by atoms with Gasteiger partial charge in [-0.1, -0.05) is 0 Å². The third kappa shape index (κ3) is 1.90. The number of nitrogens with zero attached hydrogens (tertiary/aromatic N) is 2. The summed E-state index contributed by atoms with van der Waals surface area (Å²) in [5.74, 6) is 1.07. The minimum atomic E-state index is 0.0673. The first-order valence-corrected chi connectivity index (χ1v) is 6.66. The van der Waals surface area contributed by atoms with E-state index >= 15 is 0 Å². The third-order valence-electron chi connectivity index (χ3n) is 4.19. The topological polar surface area (TPSA) is 59.2 Å². The molecule has 2 fully saturated rings. The van der Waals surface area contributed by atoms with Crippen LogP contribution >= 0.6 is 0 Å². The van der Waals surface area contributed by atoms with Gasteiger partial charge in [-0.3, -0.25) is 4.79 Å². The van der Waals surface area contributed by atoms with Crippen LogP contribution in [-0.2, 0) is 0 Å². The molecule has 0 unspecified atom stereocenters. The average Bonchev–Trinajstić information content (AvgIpc) is 2.62. The Morgan fingerprint density at radius 1 is 1.33 bits per heavy atom. The molecule has 18 heavy (non-hydrogen) atoms. The van der Waals surface area contributed by atoms with Crippen LogP contribution in [0.1, 0.15) is 43.0 Å². The van der Waals surface area contributed by atoms with E-state index < -0.39 is 0 Å². The molecule has 3 atom stereocenters. The first-order chi connectivity index (χ1) is 8.65. The van der Waals surface area contributed by atoms with Crippen molar-refractivity contribution >= 4 is 11.6 Å². The predicted octanol–water partition coefficient (Wildman–Crippen LogP) is 1.74. The fourth-order valence-electron chi connectivity index (χ4n) is 3.34. The highest BCUT2D eigenvalue weighted by Crippen LogP contribution is 2.37. The summed E-state index contributed by atoms with van der Waals surface area (Å²) < 4.78 is 0. The molecule has 1 aromatic heterocycles. The maximum Gasteiger partial charge on any atom is 0.161 e. The van der Waals surface area contributed by atoms with Crippen molar-refractivity contribution in [3.63, 3.8) is 0 Å². The predicted molar refractivity (Wildman–Crippen MR) is 70.7 cm³/mol. The van der Waals surface area contributed by atoms with Crippen molar-refractivity contribution in [2.75, 3.05) is 4.90 Å². The van der Waals surface area contributed by atoms with Gasteiger partial charge >= 0.3 is 0 Å². The molecule has 3 heterocycles. The van der Waals surface area contributed by atoms with Crippen LogP contribution in [0.4, 0.5) is 5.82 Å². The Bertz CT molecular complexity index is 443. The van der Waals surface area contributed by atoms with Gasteiger partial charge in [0, 0.05) is 29.9 Å². The van der Waals surface area contributed by atoms with Crippen LogP contribution in [0.5, 0.6) is 0 Å². The van der Waals surface area contributed by atoms with Crippen molar-refractivity contribution in [2.45, 2.75) is 50.7 Å². The molecule has 96 valence electrons. The highest BCUT2D eigenvalue weighted by atomic mass is 16.1. The van der Waals surface area contributed by atoms with Crippen LogP contribution in [0.2, 0.25) is 0 Å². The third-order valence-corrected chi connectivity index (χ3v) is 4.19. The van der Waals surface area contributed by atoms with Crippen molar-refractivity contribution in [3.05, 3.63) is 23.9 Å². The SMILES string of the molecule is CC(=O)c1ccc(N2[C@@H]3CC[C@H]2C[C@@H](N)C3)nc1. The van der Waals surface area contributed by atoms with Crippen molar-refractivity contribution in [1.82, 2.24) is 4.98 Å². The highest BCUT2D eigenvalue weighted by molar-refractivity contribution is 5.93. The van der Waals surface area contributed by atoms with E-state index in [0.29, 0.717) is 23.7 Å². The summed E-state index contributed by atoms with van der Waals surface area (Å²) in [4.78, 5) is 18.1. The normalized spacial score (nSPS) is 30.6. The van der Waals surface area contributed by atoms with Crippen LogP contribution < -0.4 is 10.6 Å². The number of hydrogen-bond donors (Lipinski definition) is 1. The molecule has 2 N–H and O–H groups in total. The Kier molecular flexibility index (Phi) is 2.82. The molecule has 0 aromatic carbocycles. The van der Waals surface area contributed by atoms with Crippen molar-refractivity contribution in [2.24, 2.45) is 5.73 Å². The first-order valence-electron chi connectivity index (χ1n) is 6.66. The molecule has 0 saturated carbocycles. The Morgan fingerprint density at radius 3 is 2.50 bits per heavy atom. The standard InChI is InChI=1S/C14H19N3O/c1-9(18)10-2-5-14(16-8-10)17-12-3-4-13(17)7-11(15)6-12/h2,5,8,11-13H,3-4,6-7,15H2,1H3/t11-,12+,13-. The lowest BCUT2D eigenvalue weighted by Crippen LogP contribution is -2.47. The number of aromatic nitrogens is 1. The smallest absolute Gasteiger partial charge is 0.161 e. The van der Waals surface area contributed by atoms with E-state index in [2.05, 4.69) is 9.88 Å². The molecule has 0 radical (unpaired) electrons. The van der Waals surface area contributed by atoms with E-state index in [1.54, 1.807) is 13.1 Å². The molecule has 0 aliphatic carbocycles. The number of rotatable bonds is 2. The van der Waals surface area contributed by atoms with Gasteiger partial charge in [0.05, 0.1) is 0 Å². The zero-order chi connectivity index (χ0) is 12.7. The zero-order valence-corrected chi connectivity index (χ0v) is 10.7. The van der Waals surface area contributed by atoms with E-state index in [0.717, 1.165) is 18.7 Å². The summed E-state index contributed by atoms with van der Waals surface area (Å²) in [5.41, 5.74) is 6.75. The quantitative estimate of drug-likeness (QED) is 0.806. The minimum absolute atomic E-state index is 0.0673. The molecule has 2 aliphatic rings. The number of carbonyl (C=O) groups excluding carboxylic acids is 1. The number of pyridine rings is 1. The van der Waals surface area contributed by atoms with Gasteiger partial charge in [-0.2, -0.15) is 0 Å². The summed E-state index contributed by atoms with van der Waals surface area (Å²) in [6, 6.07) is 5.26. The molecular weight excluding hydrogens is 226 g/mol. The second-order valence-electron chi connectivity index (χ2n) is 5.49. The second-order valence-corrected chi connectivity index (χ2v) is 5.49. The number of ketones is 1. The van der Waals surface area contributed by atoms with Gasteiger partial charge < -0.3 is 10.6 Å². The average molecular weight is 245 g/mol. The summed E-state index contributed by atoms with van der Waals surface area (Å²) in [7, 11) is 0. The van der Waals surface area contributed by atoms with Gasteiger partial charge in [0.2, 0.25) is 0 Å². The van der Waals surface area contributed by atoms with Crippen LogP contribution in [-0.4, -0.2) is 28.9 Å². The molecule has 4 nitrogen and oxygen atoms in total. The van der Waals surface area contributed by atoms with Gasteiger partial charge in [0.1, 0.15) is 5.82 Å². The molecule has 3 rings (SSSR count). The van der Waals surface area contributed by atoms with Crippen molar-refractivity contribution in [1.29, 1.82) is 0 Å². The Hall–Kier alpha value is -1.42. The minimum Gasteiger partial charge on any atom is -0.351 e. The van der Waals surface area contributed by atoms with Gasteiger partial charge in [-0.05, 0) is 44.7 Å². The van der Waals surface area contributed by atoms with Crippen LogP contribution in [0, 0.1) is 0 Å². The number of carbonyl (C=O) groups is 1. The molecule has 1 aromatic rings. The summed E-state index contributed by atoms with van der Waals surface area (Å²) in [6.07, 6.45) is 6.24. The van der Waals surface area contributed by atoms with Gasteiger partial charge in [0.25, 0.3) is 0 Å².